The van der Waals surface area contributed by atoms with Crippen LogP contribution in [-0.4, -0.2) is 0 Å². The van der Waals surface area contributed by atoms with E-state index in [-0.39, 0.29) is 0 Å². The smallest absolute Gasteiger partial charge is 0.0183 e. The summed E-state index contributed by atoms with van der Waals surface area (Å²) in [5.74, 6) is 1.52. The molecule has 0 heteroatoms. The monoisotopic (exact) mass is 154 g/mol. The molecular formula is C11H22. The number of allylic oxidation sites excluding steroid dienone is 1. The molecular weight excluding hydrogens is 132 g/mol. The molecule has 1 unspecified atom stereocenters. The van der Waals surface area contributed by atoms with E-state index in [2.05, 4.69) is 34.3 Å². The van der Waals surface area contributed by atoms with Crippen LogP contribution in [0.1, 0.15) is 47.0 Å². The molecule has 0 aliphatic carbocycles. The van der Waals surface area contributed by atoms with Crippen LogP contribution in [-0.2, 0) is 0 Å². The third-order valence-corrected chi connectivity index (χ3v) is 2.38. The molecule has 0 rings (SSSR count). The summed E-state index contributed by atoms with van der Waals surface area (Å²) in [6.07, 6.45) is 3.73. The lowest BCUT2D eigenvalue weighted by Crippen LogP contribution is -2.10. The maximum Gasteiger partial charge on any atom is -0.0183 e. The van der Waals surface area contributed by atoms with Crippen LogP contribution in [0.25, 0.3) is 0 Å². The van der Waals surface area contributed by atoms with Crippen molar-refractivity contribution in [3.05, 3.63) is 12.2 Å². The first kappa shape index (κ1) is 10.7. The van der Waals surface area contributed by atoms with Crippen molar-refractivity contribution in [2.75, 3.05) is 0 Å². The summed E-state index contributed by atoms with van der Waals surface area (Å²) in [4.78, 5) is 0. The van der Waals surface area contributed by atoms with Gasteiger partial charge in [0.2, 0.25) is 0 Å². The van der Waals surface area contributed by atoms with Crippen molar-refractivity contribution >= 4 is 0 Å². The normalized spacial score (nSPS) is 13.5. The van der Waals surface area contributed by atoms with E-state index in [9.17, 15) is 0 Å². The maximum atomic E-state index is 4.11. The highest BCUT2D eigenvalue weighted by Gasteiger charge is 2.13. The maximum absolute atomic E-state index is 4.11. The Morgan fingerprint density at radius 1 is 1.27 bits per heavy atom. The lowest BCUT2D eigenvalue weighted by atomic mass is 9.84. The Morgan fingerprint density at radius 3 is 2.09 bits per heavy atom. The molecule has 0 bridgehead atoms. The average Bonchev–Trinajstić information content (AvgIpc) is 1.98. The topological polar surface area (TPSA) is 0 Å². The van der Waals surface area contributed by atoms with Crippen LogP contribution in [0.5, 0.6) is 0 Å². The molecule has 0 aliphatic rings. The molecule has 0 radical (unpaired) electrons. The van der Waals surface area contributed by atoms with E-state index in [1.807, 2.05) is 0 Å². The Morgan fingerprint density at radius 2 is 1.82 bits per heavy atom. The first-order valence-electron chi connectivity index (χ1n) is 4.81. The largest absolute Gasteiger partial charge is 0.0996 e. The Labute approximate surface area is 71.7 Å². The van der Waals surface area contributed by atoms with Crippen LogP contribution in [0.15, 0.2) is 12.2 Å². The first-order valence-corrected chi connectivity index (χ1v) is 4.81. The Balaban J connectivity index is 3.98. The second-order valence-electron chi connectivity index (χ2n) is 3.65. The molecule has 0 fully saturated rings. The second-order valence-corrected chi connectivity index (χ2v) is 3.65. The van der Waals surface area contributed by atoms with Gasteiger partial charge in [-0.1, -0.05) is 46.3 Å². The van der Waals surface area contributed by atoms with Gasteiger partial charge in [0, 0.05) is 0 Å². The zero-order valence-corrected chi connectivity index (χ0v) is 8.48. The molecule has 0 amide bonds. The first-order chi connectivity index (χ1) is 5.13. The Hall–Kier alpha value is -0.260. The van der Waals surface area contributed by atoms with Crippen LogP contribution < -0.4 is 0 Å². The van der Waals surface area contributed by atoms with Gasteiger partial charge in [-0.05, 0) is 24.7 Å². The zero-order chi connectivity index (χ0) is 8.85. The van der Waals surface area contributed by atoms with Crippen LogP contribution in [0.4, 0.5) is 0 Å². The standard InChI is InChI=1S/C11H22/c1-6-8-11(9(3)4)10(5)7-2/h9,11H,5-8H2,1-4H3. The summed E-state index contributed by atoms with van der Waals surface area (Å²) in [6.45, 7) is 13.1. The summed E-state index contributed by atoms with van der Waals surface area (Å²) in [5, 5.41) is 0. The lowest BCUT2D eigenvalue weighted by Gasteiger charge is -2.21. The molecule has 0 aromatic rings. The van der Waals surface area contributed by atoms with Gasteiger partial charge < -0.3 is 0 Å². The van der Waals surface area contributed by atoms with Gasteiger partial charge in [-0.2, -0.15) is 0 Å². The Bertz CT molecular complexity index is 111. The van der Waals surface area contributed by atoms with Gasteiger partial charge in [0.15, 0.2) is 0 Å². The molecule has 11 heavy (non-hydrogen) atoms. The van der Waals surface area contributed by atoms with Gasteiger partial charge in [0.1, 0.15) is 0 Å². The molecule has 0 saturated carbocycles. The van der Waals surface area contributed by atoms with Crippen molar-refractivity contribution in [3.8, 4) is 0 Å². The van der Waals surface area contributed by atoms with E-state index in [0.717, 1.165) is 18.3 Å². The van der Waals surface area contributed by atoms with Crippen LogP contribution in [0, 0.1) is 11.8 Å². The quantitative estimate of drug-likeness (QED) is 0.524. The summed E-state index contributed by atoms with van der Waals surface area (Å²) < 4.78 is 0. The summed E-state index contributed by atoms with van der Waals surface area (Å²) in [5.41, 5.74) is 1.43. The predicted molar refractivity (Wildman–Crippen MR) is 52.7 cm³/mol. The highest BCUT2D eigenvalue weighted by atomic mass is 14.2. The van der Waals surface area contributed by atoms with Gasteiger partial charge in [-0.15, -0.1) is 0 Å². The molecule has 0 aliphatic heterocycles. The minimum absolute atomic E-state index is 0.755. The number of hydrogen-bond donors (Lipinski definition) is 0. The predicted octanol–water partition coefficient (Wildman–Crippen LogP) is 4.02. The highest BCUT2D eigenvalue weighted by Crippen LogP contribution is 2.25. The van der Waals surface area contributed by atoms with Gasteiger partial charge in [0.05, 0.1) is 0 Å². The van der Waals surface area contributed by atoms with Crippen LogP contribution >= 0.6 is 0 Å². The number of rotatable bonds is 5. The van der Waals surface area contributed by atoms with Gasteiger partial charge >= 0.3 is 0 Å². The van der Waals surface area contributed by atoms with Crippen molar-refractivity contribution in [3.63, 3.8) is 0 Å². The highest BCUT2D eigenvalue weighted by molar-refractivity contribution is 5.00. The average molecular weight is 154 g/mol. The van der Waals surface area contributed by atoms with Crippen LogP contribution in [0.2, 0.25) is 0 Å². The fourth-order valence-electron chi connectivity index (χ4n) is 1.58. The van der Waals surface area contributed by atoms with E-state index in [1.54, 1.807) is 0 Å². The van der Waals surface area contributed by atoms with E-state index in [0.29, 0.717) is 0 Å². The van der Waals surface area contributed by atoms with Crippen LogP contribution in [0.3, 0.4) is 0 Å². The Kier molecular flexibility index (Phi) is 5.27. The summed E-state index contributed by atoms with van der Waals surface area (Å²) in [7, 11) is 0. The molecule has 0 heterocycles. The second kappa shape index (κ2) is 5.40. The summed E-state index contributed by atoms with van der Waals surface area (Å²) >= 11 is 0. The molecule has 0 aromatic heterocycles. The molecule has 0 spiro atoms. The van der Waals surface area contributed by atoms with Crippen molar-refractivity contribution in [2.24, 2.45) is 11.8 Å². The minimum Gasteiger partial charge on any atom is -0.0996 e. The zero-order valence-electron chi connectivity index (χ0n) is 8.48. The number of hydrogen-bond acceptors (Lipinski definition) is 0. The lowest BCUT2D eigenvalue weighted by molar-refractivity contribution is 0.404. The molecule has 0 nitrogen and oxygen atoms in total. The van der Waals surface area contributed by atoms with E-state index in [1.165, 1.54) is 18.4 Å². The van der Waals surface area contributed by atoms with Gasteiger partial charge in [-0.3, -0.25) is 0 Å². The van der Waals surface area contributed by atoms with Crippen molar-refractivity contribution < 1.29 is 0 Å². The molecule has 66 valence electrons. The van der Waals surface area contributed by atoms with Crippen molar-refractivity contribution in [1.82, 2.24) is 0 Å². The molecule has 0 aromatic carbocycles. The SMILES string of the molecule is C=C(CC)C(CCC)C(C)C. The van der Waals surface area contributed by atoms with Crippen molar-refractivity contribution in [2.45, 2.75) is 47.0 Å². The third-order valence-electron chi connectivity index (χ3n) is 2.38. The molecule has 1 atom stereocenters. The van der Waals surface area contributed by atoms with E-state index >= 15 is 0 Å². The third kappa shape index (κ3) is 3.60. The molecule has 0 N–H and O–H groups in total. The van der Waals surface area contributed by atoms with Gasteiger partial charge in [-0.25, -0.2) is 0 Å². The van der Waals surface area contributed by atoms with E-state index in [4.69, 9.17) is 0 Å². The minimum atomic E-state index is 0.755. The van der Waals surface area contributed by atoms with E-state index < -0.39 is 0 Å². The summed E-state index contributed by atoms with van der Waals surface area (Å²) in [6, 6.07) is 0. The van der Waals surface area contributed by atoms with Gasteiger partial charge in [0.25, 0.3) is 0 Å². The fourth-order valence-corrected chi connectivity index (χ4v) is 1.58. The van der Waals surface area contributed by atoms with Crippen molar-refractivity contribution in [1.29, 1.82) is 0 Å². The molecule has 0 saturated heterocycles. The fraction of sp³-hybridized carbons (Fsp3) is 0.818.